The molecule has 0 radical (unpaired) electrons. The molecule has 1 aromatic carbocycles. The molecule has 2 rings (SSSR count). The van der Waals surface area contributed by atoms with Gasteiger partial charge in [-0.15, -0.1) is 0 Å². The summed E-state index contributed by atoms with van der Waals surface area (Å²) in [6, 6.07) is 5.06. The highest BCUT2D eigenvalue weighted by molar-refractivity contribution is 5.76. The molecule has 0 bridgehead atoms. The molecule has 2 aromatic rings. The third kappa shape index (κ3) is 4.44. The zero-order chi connectivity index (χ0) is 17.5. The van der Waals surface area contributed by atoms with Crippen molar-refractivity contribution in [3.63, 3.8) is 0 Å². The van der Waals surface area contributed by atoms with E-state index in [-0.39, 0.29) is 5.82 Å². The number of nitrogens with one attached hydrogen (secondary N) is 2. The Morgan fingerprint density at radius 2 is 2.12 bits per heavy atom. The van der Waals surface area contributed by atoms with E-state index in [1.54, 1.807) is 12.3 Å². The van der Waals surface area contributed by atoms with E-state index in [0.29, 0.717) is 16.9 Å². The molecule has 126 valence electrons. The van der Waals surface area contributed by atoms with Crippen LogP contribution in [-0.4, -0.2) is 10.2 Å². The number of rotatable bonds is 6. The van der Waals surface area contributed by atoms with Crippen molar-refractivity contribution in [1.29, 1.82) is 0 Å². The Kier molecular flexibility index (Phi) is 6.13. The Morgan fingerprint density at radius 1 is 1.33 bits per heavy atom. The highest BCUT2D eigenvalue weighted by Crippen LogP contribution is 2.29. The molecular weight excluding hydrogens is 301 g/mol. The van der Waals surface area contributed by atoms with Crippen LogP contribution in [0.1, 0.15) is 32.8 Å². The lowest BCUT2D eigenvalue weighted by Crippen LogP contribution is -1.99. The molecule has 1 aromatic heterocycles. The number of H-pyrrole nitrogens is 1. The first-order valence-electron chi connectivity index (χ1n) is 8.12. The van der Waals surface area contributed by atoms with Crippen LogP contribution in [0, 0.1) is 12.7 Å². The van der Waals surface area contributed by atoms with Gasteiger partial charge in [-0.05, 0) is 45.4 Å². The summed E-state index contributed by atoms with van der Waals surface area (Å²) in [5.74, 6) is 0.414. The molecule has 0 aliphatic heterocycles. The number of aryl methyl sites for hydroxylation is 1. The second-order valence-electron chi connectivity index (χ2n) is 5.74. The standard InChI is InChI=1S/C20H24FN3/c1-5-14(3)8-7-9-16(6-2)23-20-18(13-22-24-20)17-12-15(4)10-11-19(17)21/h6-13H,5H2,1-4H3,(H2,22,23,24)/b9-7-,14-8+,16-6+. The van der Waals surface area contributed by atoms with Gasteiger partial charge in [0.1, 0.15) is 11.6 Å². The van der Waals surface area contributed by atoms with Crippen LogP contribution in [0.5, 0.6) is 0 Å². The number of benzene rings is 1. The summed E-state index contributed by atoms with van der Waals surface area (Å²) in [6.07, 6.45) is 10.7. The van der Waals surface area contributed by atoms with Crippen molar-refractivity contribution in [1.82, 2.24) is 10.2 Å². The summed E-state index contributed by atoms with van der Waals surface area (Å²) >= 11 is 0. The highest BCUT2D eigenvalue weighted by Gasteiger charge is 2.12. The minimum absolute atomic E-state index is 0.260. The van der Waals surface area contributed by atoms with E-state index in [1.807, 2.05) is 38.1 Å². The lowest BCUT2D eigenvalue weighted by atomic mass is 10.1. The van der Waals surface area contributed by atoms with E-state index < -0.39 is 0 Å². The number of aromatic nitrogens is 2. The highest BCUT2D eigenvalue weighted by atomic mass is 19.1. The quantitative estimate of drug-likeness (QED) is 0.664. The molecule has 0 spiro atoms. The van der Waals surface area contributed by atoms with Crippen molar-refractivity contribution in [2.24, 2.45) is 0 Å². The normalized spacial score (nSPS) is 12.9. The predicted octanol–water partition coefficient (Wildman–Crippen LogP) is 5.75. The summed E-state index contributed by atoms with van der Waals surface area (Å²) in [4.78, 5) is 0. The van der Waals surface area contributed by atoms with Crippen molar-refractivity contribution in [3.8, 4) is 11.1 Å². The summed E-state index contributed by atoms with van der Waals surface area (Å²) in [5, 5.41) is 10.2. The second-order valence-corrected chi connectivity index (χ2v) is 5.74. The van der Waals surface area contributed by atoms with Crippen LogP contribution >= 0.6 is 0 Å². The average Bonchev–Trinajstić information content (AvgIpc) is 3.03. The van der Waals surface area contributed by atoms with E-state index in [9.17, 15) is 4.39 Å². The molecule has 0 amide bonds. The maximum Gasteiger partial charge on any atom is 0.133 e. The van der Waals surface area contributed by atoms with E-state index in [1.165, 1.54) is 11.6 Å². The Bertz CT molecular complexity index is 782. The minimum Gasteiger partial charge on any atom is -0.340 e. The lowest BCUT2D eigenvalue weighted by Gasteiger charge is -2.09. The van der Waals surface area contributed by atoms with Crippen molar-refractivity contribution in [2.45, 2.75) is 34.1 Å². The number of aromatic amines is 1. The minimum atomic E-state index is -0.260. The maximum absolute atomic E-state index is 14.2. The zero-order valence-corrected chi connectivity index (χ0v) is 14.7. The van der Waals surface area contributed by atoms with Crippen LogP contribution in [0.2, 0.25) is 0 Å². The van der Waals surface area contributed by atoms with Crippen molar-refractivity contribution < 1.29 is 4.39 Å². The van der Waals surface area contributed by atoms with E-state index >= 15 is 0 Å². The number of nitrogens with zero attached hydrogens (tertiary/aromatic N) is 1. The van der Waals surface area contributed by atoms with Gasteiger partial charge < -0.3 is 5.32 Å². The fourth-order valence-electron chi connectivity index (χ4n) is 2.22. The first-order valence-corrected chi connectivity index (χ1v) is 8.12. The molecule has 24 heavy (non-hydrogen) atoms. The molecule has 0 unspecified atom stereocenters. The Balaban J connectivity index is 2.25. The first kappa shape index (κ1) is 17.7. The Morgan fingerprint density at radius 3 is 2.83 bits per heavy atom. The van der Waals surface area contributed by atoms with Crippen molar-refractivity contribution >= 4 is 5.82 Å². The summed E-state index contributed by atoms with van der Waals surface area (Å²) < 4.78 is 14.2. The molecule has 2 N–H and O–H groups in total. The Labute approximate surface area is 143 Å². The van der Waals surface area contributed by atoms with Crippen LogP contribution in [-0.2, 0) is 0 Å². The number of halogens is 1. The molecule has 0 atom stereocenters. The Hall–Kier alpha value is -2.62. The largest absolute Gasteiger partial charge is 0.340 e. The molecular formula is C20H24FN3. The molecule has 0 saturated carbocycles. The van der Waals surface area contributed by atoms with Gasteiger partial charge in [-0.3, -0.25) is 5.10 Å². The van der Waals surface area contributed by atoms with Gasteiger partial charge in [0.05, 0.1) is 6.20 Å². The van der Waals surface area contributed by atoms with Crippen LogP contribution in [0.3, 0.4) is 0 Å². The SMILES string of the molecule is C\C=C(/C=C\C=C(/C)CC)Nc1[nH]ncc1-c1cc(C)ccc1F. The monoisotopic (exact) mass is 325 g/mol. The third-order valence-electron chi connectivity index (χ3n) is 3.85. The van der Waals surface area contributed by atoms with Crippen LogP contribution in [0.15, 0.2) is 60.0 Å². The predicted molar refractivity (Wildman–Crippen MR) is 99.3 cm³/mol. The zero-order valence-electron chi connectivity index (χ0n) is 14.7. The third-order valence-corrected chi connectivity index (χ3v) is 3.85. The molecule has 3 nitrogen and oxygen atoms in total. The van der Waals surface area contributed by atoms with E-state index in [0.717, 1.165) is 17.7 Å². The number of hydrogen-bond donors (Lipinski definition) is 2. The van der Waals surface area contributed by atoms with Gasteiger partial charge in [-0.25, -0.2) is 4.39 Å². The maximum atomic E-state index is 14.2. The second kappa shape index (κ2) is 8.29. The molecule has 0 fully saturated rings. The topological polar surface area (TPSA) is 40.7 Å². The summed E-state index contributed by atoms with van der Waals surface area (Å²) in [6.45, 7) is 8.12. The average molecular weight is 325 g/mol. The van der Waals surface area contributed by atoms with Gasteiger partial charge in [0.15, 0.2) is 0 Å². The molecule has 0 saturated heterocycles. The first-order chi connectivity index (χ1) is 11.5. The van der Waals surface area contributed by atoms with Crippen LogP contribution in [0.25, 0.3) is 11.1 Å². The fraction of sp³-hybridized carbons (Fsp3) is 0.250. The van der Waals surface area contributed by atoms with E-state index in [4.69, 9.17) is 0 Å². The van der Waals surface area contributed by atoms with Gasteiger partial charge >= 0.3 is 0 Å². The summed E-state index contributed by atoms with van der Waals surface area (Å²) in [5.41, 5.74) is 4.47. The van der Waals surface area contributed by atoms with Crippen LogP contribution < -0.4 is 5.32 Å². The van der Waals surface area contributed by atoms with Gasteiger partial charge in [0, 0.05) is 16.8 Å². The fourth-order valence-corrected chi connectivity index (χ4v) is 2.22. The number of allylic oxidation sites excluding steroid dienone is 5. The van der Waals surface area contributed by atoms with Crippen molar-refractivity contribution in [3.05, 3.63) is 71.4 Å². The molecule has 4 heteroatoms. The molecule has 0 aliphatic rings. The van der Waals surface area contributed by atoms with Gasteiger partial charge in [0.25, 0.3) is 0 Å². The van der Waals surface area contributed by atoms with Gasteiger partial charge in [-0.1, -0.05) is 42.4 Å². The van der Waals surface area contributed by atoms with E-state index in [2.05, 4.69) is 35.4 Å². The van der Waals surface area contributed by atoms with Gasteiger partial charge in [-0.2, -0.15) is 5.10 Å². The molecule has 0 aliphatic carbocycles. The number of hydrogen-bond acceptors (Lipinski definition) is 2. The molecule has 1 heterocycles. The van der Waals surface area contributed by atoms with Crippen LogP contribution in [0.4, 0.5) is 10.2 Å². The lowest BCUT2D eigenvalue weighted by molar-refractivity contribution is 0.631. The van der Waals surface area contributed by atoms with Gasteiger partial charge in [0.2, 0.25) is 0 Å². The smallest absolute Gasteiger partial charge is 0.133 e. The number of anilines is 1. The van der Waals surface area contributed by atoms with Crippen molar-refractivity contribution in [2.75, 3.05) is 5.32 Å². The summed E-state index contributed by atoms with van der Waals surface area (Å²) in [7, 11) is 0.